The molecule has 2 fully saturated rings. The number of hydrogen-bond acceptors (Lipinski definition) is 3. The monoisotopic (exact) mass is 275 g/mol. The zero-order chi connectivity index (χ0) is 13.2. The van der Waals surface area contributed by atoms with Crippen molar-refractivity contribution < 1.29 is 18.3 Å². The second-order valence-corrected chi connectivity index (χ2v) is 7.50. The van der Waals surface area contributed by atoms with Crippen LogP contribution in [0.15, 0.2) is 0 Å². The van der Waals surface area contributed by atoms with Crippen LogP contribution < -0.4 is 4.72 Å². The molecule has 0 saturated heterocycles. The quantitative estimate of drug-likeness (QED) is 0.766. The lowest BCUT2D eigenvalue weighted by Crippen LogP contribution is -2.43. The van der Waals surface area contributed by atoms with E-state index in [1.807, 2.05) is 0 Å². The molecule has 0 heterocycles. The van der Waals surface area contributed by atoms with Crippen LogP contribution in [0.5, 0.6) is 0 Å². The normalized spacial score (nSPS) is 23.8. The van der Waals surface area contributed by atoms with Gasteiger partial charge in [-0.3, -0.25) is 4.79 Å². The number of carboxylic acids is 1. The Bertz CT molecular complexity index is 408. The fraction of sp³-hybridized carbons (Fsp3) is 0.917. The van der Waals surface area contributed by atoms with Gasteiger partial charge in [-0.2, -0.15) is 0 Å². The molecule has 0 amide bonds. The highest BCUT2D eigenvalue weighted by molar-refractivity contribution is 7.89. The van der Waals surface area contributed by atoms with Crippen LogP contribution in [0.1, 0.15) is 44.9 Å². The first-order valence-corrected chi connectivity index (χ1v) is 8.30. The van der Waals surface area contributed by atoms with Gasteiger partial charge in [0.05, 0.1) is 11.2 Å². The summed E-state index contributed by atoms with van der Waals surface area (Å²) in [5.74, 6) is -0.756. The first-order valence-electron chi connectivity index (χ1n) is 6.64. The number of rotatable bonds is 6. The zero-order valence-electron chi connectivity index (χ0n) is 10.5. The molecule has 2 rings (SSSR count). The van der Waals surface area contributed by atoms with Gasteiger partial charge in [-0.05, 0) is 31.6 Å². The molecule has 0 aliphatic heterocycles. The van der Waals surface area contributed by atoms with Crippen LogP contribution in [0.2, 0.25) is 0 Å². The van der Waals surface area contributed by atoms with Crippen molar-refractivity contribution in [1.82, 2.24) is 4.72 Å². The lowest BCUT2D eigenvalue weighted by Gasteiger charge is -2.32. The van der Waals surface area contributed by atoms with E-state index < -0.39 is 21.4 Å². The summed E-state index contributed by atoms with van der Waals surface area (Å²) in [6.45, 7) is 0.470. The van der Waals surface area contributed by atoms with Crippen LogP contribution in [0.3, 0.4) is 0 Å². The van der Waals surface area contributed by atoms with Crippen molar-refractivity contribution in [2.75, 3.05) is 12.3 Å². The van der Waals surface area contributed by atoms with Crippen molar-refractivity contribution in [3.63, 3.8) is 0 Å². The first-order chi connectivity index (χ1) is 8.44. The van der Waals surface area contributed by atoms with E-state index in [4.69, 9.17) is 0 Å². The van der Waals surface area contributed by atoms with Crippen molar-refractivity contribution in [3.8, 4) is 0 Å². The summed E-state index contributed by atoms with van der Waals surface area (Å²) in [5.41, 5.74) is -1.06. The topological polar surface area (TPSA) is 83.5 Å². The van der Waals surface area contributed by atoms with Crippen LogP contribution in [0, 0.1) is 11.3 Å². The Morgan fingerprint density at radius 1 is 1.22 bits per heavy atom. The second-order valence-electron chi connectivity index (χ2n) is 5.70. The molecular formula is C12H21NO4S. The maximum Gasteiger partial charge on any atom is 0.310 e. The molecule has 0 spiro atoms. The van der Waals surface area contributed by atoms with Gasteiger partial charge in [-0.15, -0.1) is 0 Å². The van der Waals surface area contributed by atoms with E-state index in [1.165, 1.54) is 0 Å². The van der Waals surface area contributed by atoms with Crippen molar-refractivity contribution in [1.29, 1.82) is 0 Å². The SMILES string of the molecule is O=C(O)C1(CS(=O)(=O)NCC2CC2)CCCCC1. The van der Waals surface area contributed by atoms with E-state index in [0.29, 0.717) is 25.3 Å². The van der Waals surface area contributed by atoms with Gasteiger partial charge in [0.2, 0.25) is 10.0 Å². The molecular weight excluding hydrogens is 254 g/mol. The second kappa shape index (κ2) is 5.17. The predicted octanol–water partition coefficient (Wildman–Crippen LogP) is 1.35. The highest BCUT2D eigenvalue weighted by atomic mass is 32.2. The molecule has 2 N–H and O–H groups in total. The minimum absolute atomic E-state index is 0.262. The molecule has 2 aliphatic carbocycles. The highest BCUT2D eigenvalue weighted by Crippen LogP contribution is 2.38. The summed E-state index contributed by atoms with van der Waals surface area (Å²) < 4.78 is 26.5. The molecule has 104 valence electrons. The lowest BCUT2D eigenvalue weighted by molar-refractivity contribution is -0.149. The maximum absolute atomic E-state index is 12.0. The number of carboxylic acid groups (broad SMARTS) is 1. The lowest BCUT2D eigenvalue weighted by atomic mass is 9.76. The maximum atomic E-state index is 12.0. The number of hydrogen-bond donors (Lipinski definition) is 2. The summed E-state index contributed by atoms with van der Waals surface area (Å²) in [6, 6.07) is 0. The Morgan fingerprint density at radius 2 is 1.83 bits per heavy atom. The van der Waals surface area contributed by atoms with Gasteiger partial charge >= 0.3 is 5.97 Å². The Balaban J connectivity index is 2.00. The first kappa shape index (κ1) is 13.8. The Kier molecular flexibility index (Phi) is 3.96. The average Bonchev–Trinajstić information content (AvgIpc) is 3.11. The predicted molar refractivity (Wildman–Crippen MR) is 67.7 cm³/mol. The van der Waals surface area contributed by atoms with Crippen LogP contribution in [-0.4, -0.2) is 31.8 Å². The minimum Gasteiger partial charge on any atom is -0.481 e. The molecule has 18 heavy (non-hydrogen) atoms. The molecule has 0 unspecified atom stereocenters. The van der Waals surface area contributed by atoms with Gasteiger partial charge in [0.15, 0.2) is 0 Å². The minimum atomic E-state index is -3.47. The summed E-state index contributed by atoms with van der Waals surface area (Å²) in [5, 5.41) is 9.35. The summed E-state index contributed by atoms with van der Waals surface area (Å²) in [4.78, 5) is 11.4. The fourth-order valence-electron chi connectivity index (χ4n) is 2.63. The van der Waals surface area contributed by atoms with E-state index >= 15 is 0 Å². The number of carbonyl (C=O) groups is 1. The van der Waals surface area contributed by atoms with E-state index in [1.54, 1.807) is 0 Å². The Morgan fingerprint density at radius 3 is 2.33 bits per heavy atom. The molecule has 0 atom stereocenters. The molecule has 0 aromatic carbocycles. The Labute approximate surface area is 108 Å². The van der Waals surface area contributed by atoms with E-state index in [2.05, 4.69) is 4.72 Å². The molecule has 5 nitrogen and oxygen atoms in total. The van der Waals surface area contributed by atoms with E-state index in [-0.39, 0.29) is 5.75 Å². The van der Waals surface area contributed by atoms with Crippen LogP contribution in [0.25, 0.3) is 0 Å². The van der Waals surface area contributed by atoms with E-state index in [9.17, 15) is 18.3 Å². The smallest absolute Gasteiger partial charge is 0.310 e. The number of aliphatic carboxylic acids is 1. The third-order valence-corrected chi connectivity index (χ3v) is 5.56. The van der Waals surface area contributed by atoms with Crippen LogP contribution in [0.4, 0.5) is 0 Å². The third kappa shape index (κ3) is 3.45. The van der Waals surface area contributed by atoms with Gasteiger partial charge in [0.25, 0.3) is 0 Å². The third-order valence-electron chi connectivity index (χ3n) is 4.02. The van der Waals surface area contributed by atoms with Crippen molar-refractivity contribution in [2.24, 2.45) is 11.3 Å². The van der Waals surface area contributed by atoms with E-state index in [0.717, 1.165) is 32.1 Å². The van der Waals surface area contributed by atoms with Crippen molar-refractivity contribution in [2.45, 2.75) is 44.9 Å². The molecule has 6 heteroatoms. The zero-order valence-corrected chi connectivity index (χ0v) is 11.3. The highest BCUT2D eigenvalue weighted by Gasteiger charge is 2.43. The van der Waals surface area contributed by atoms with Crippen LogP contribution >= 0.6 is 0 Å². The Hall–Kier alpha value is -0.620. The molecule has 0 bridgehead atoms. The summed E-state index contributed by atoms with van der Waals surface area (Å²) >= 11 is 0. The standard InChI is InChI=1S/C12H21NO4S/c14-11(15)12(6-2-1-3-7-12)9-18(16,17)13-8-10-4-5-10/h10,13H,1-9H2,(H,14,15). The summed E-state index contributed by atoms with van der Waals surface area (Å²) in [6.07, 6.45) is 5.73. The number of sulfonamides is 1. The van der Waals surface area contributed by atoms with Gasteiger partial charge in [0.1, 0.15) is 0 Å². The van der Waals surface area contributed by atoms with Crippen LogP contribution in [-0.2, 0) is 14.8 Å². The van der Waals surface area contributed by atoms with Gasteiger partial charge < -0.3 is 5.11 Å². The van der Waals surface area contributed by atoms with Gasteiger partial charge in [-0.25, -0.2) is 13.1 Å². The molecule has 2 saturated carbocycles. The number of nitrogens with one attached hydrogen (secondary N) is 1. The molecule has 0 aromatic heterocycles. The van der Waals surface area contributed by atoms with Gasteiger partial charge in [-0.1, -0.05) is 19.3 Å². The van der Waals surface area contributed by atoms with Gasteiger partial charge in [0, 0.05) is 6.54 Å². The average molecular weight is 275 g/mol. The van der Waals surface area contributed by atoms with Crippen molar-refractivity contribution >= 4 is 16.0 Å². The molecule has 2 aliphatic rings. The van der Waals surface area contributed by atoms with Crippen molar-refractivity contribution in [3.05, 3.63) is 0 Å². The summed E-state index contributed by atoms with van der Waals surface area (Å²) in [7, 11) is -3.47. The largest absolute Gasteiger partial charge is 0.481 e. The molecule has 0 aromatic rings. The fourth-order valence-corrected chi connectivity index (χ4v) is 4.36. The molecule has 0 radical (unpaired) electrons.